The Morgan fingerprint density at radius 3 is 2.53 bits per heavy atom. The summed E-state index contributed by atoms with van der Waals surface area (Å²) in [5.74, 6) is 0.121. The van der Waals surface area contributed by atoms with E-state index in [0.29, 0.717) is 18.1 Å². The number of carbonyl (C=O) groups is 1. The number of aromatic nitrogens is 2. The second-order valence-electron chi connectivity index (χ2n) is 7.94. The second kappa shape index (κ2) is 9.65. The van der Waals surface area contributed by atoms with E-state index in [-0.39, 0.29) is 11.8 Å². The van der Waals surface area contributed by atoms with E-state index in [9.17, 15) is 13.2 Å². The Labute approximate surface area is 192 Å². The number of sulfonamides is 1. The van der Waals surface area contributed by atoms with E-state index in [2.05, 4.69) is 25.7 Å². The van der Waals surface area contributed by atoms with Crippen molar-refractivity contribution >= 4 is 39.2 Å². The van der Waals surface area contributed by atoms with E-state index in [1.165, 1.54) is 23.5 Å². The third kappa shape index (κ3) is 5.71. The minimum Gasteiger partial charge on any atom is -0.378 e. The van der Waals surface area contributed by atoms with Crippen molar-refractivity contribution in [1.29, 1.82) is 0 Å². The first-order valence-corrected chi connectivity index (χ1v) is 12.7. The first-order valence-electron chi connectivity index (χ1n) is 10.4. The van der Waals surface area contributed by atoms with Gasteiger partial charge in [0.2, 0.25) is 10.0 Å². The standard InChI is InChI=1S/C20H27ClN6O4S/c1-32(29,30)23-19-4-5-27(22-19)20(28)26-8-6-24(7-9-26)15-16-14-17(21)2-3-18(16)25-10-12-31-13-11-25/h2-5,14H,6-13,15H2,1H3,(H,22,23). The highest BCUT2D eigenvalue weighted by Gasteiger charge is 2.24. The highest BCUT2D eigenvalue weighted by molar-refractivity contribution is 7.92. The molecule has 1 aromatic carbocycles. The molecule has 174 valence electrons. The van der Waals surface area contributed by atoms with E-state index in [1.54, 1.807) is 4.90 Å². The zero-order valence-corrected chi connectivity index (χ0v) is 19.5. The van der Waals surface area contributed by atoms with Crippen molar-refractivity contribution in [3.05, 3.63) is 41.0 Å². The Morgan fingerprint density at radius 2 is 1.84 bits per heavy atom. The predicted molar refractivity (Wildman–Crippen MR) is 123 cm³/mol. The quantitative estimate of drug-likeness (QED) is 0.689. The molecule has 0 radical (unpaired) electrons. The fraction of sp³-hybridized carbons (Fsp3) is 0.500. The van der Waals surface area contributed by atoms with Crippen LogP contribution in [0, 0.1) is 0 Å². The van der Waals surface area contributed by atoms with Crippen molar-refractivity contribution in [1.82, 2.24) is 19.6 Å². The van der Waals surface area contributed by atoms with Crippen LogP contribution in [0.4, 0.5) is 16.3 Å². The smallest absolute Gasteiger partial charge is 0.344 e. The molecule has 2 aromatic rings. The average Bonchev–Trinajstić information content (AvgIpc) is 3.21. The van der Waals surface area contributed by atoms with Gasteiger partial charge in [0.25, 0.3) is 0 Å². The molecule has 2 saturated heterocycles. The monoisotopic (exact) mass is 482 g/mol. The van der Waals surface area contributed by atoms with E-state index < -0.39 is 10.0 Å². The Kier molecular flexibility index (Phi) is 6.89. The normalized spacial score (nSPS) is 18.1. The van der Waals surface area contributed by atoms with Crippen LogP contribution in [0.2, 0.25) is 5.02 Å². The van der Waals surface area contributed by atoms with E-state index in [0.717, 1.165) is 56.9 Å². The molecule has 1 amide bonds. The number of anilines is 2. The van der Waals surface area contributed by atoms with Crippen molar-refractivity contribution in [3.63, 3.8) is 0 Å². The number of morpholine rings is 1. The number of hydrogen-bond acceptors (Lipinski definition) is 7. The van der Waals surface area contributed by atoms with Gasteiger partial charge in [0, 0.05) is 68.8 Å². The van der Waals surface area contributed by atoms with Crippen molar-refractivity contribution in [3.8, 4) is 0 Å². The van der Waals surface area contributed by atoms with Crippen LogP contribution in [-0.2, 0) is 21.3 Å². The van der Waals surface area contributed by atoms with Crippen LogP contribution in [0.15, 0.2) is 30.5 Å². The van der Waals surface area contributed by atoms with Gasteiger partial charge in [0.1, 0.15) is 0 Å². The number of nitrogens with zero attached hydrogens (tertiary/aromatic N) is 5. The molecule has 10 nitrogen and oxygen atoms in total. The Bertz CT molecular complexity index is 1060. The lowest BCUT2D eigenvalue weighted by molar-refractivity contribution is 0.122. The van der Waals surface area contributed by atoms with Gasteiger partial charge in [-0.1, -0.05) is 11.6 Å². The van der Waals surface area contributed by atoms with Gasteiger partial charge in [-0.2, -0.15) is 4.68 Å². The summed E-state index contributed by atoms with van der Waals surface area (Å²) < 4.78 is 31.6. The molecular weight excluding hydrogens is 456 g/mol. The number of ether oxygens (including phenoxy) is 1. The molecule has 0 bridgehead atoms. The molecule has 12 heteroatoms. The minimum absolute atomic E-state index is 0.121. The SMILES string of the molecule is CS(=O)(=O)Nc1ccn(C(=O)N2CCN(Cc3cc(Cl)ccc3N3CCOCC3)CC2)n1. The maximum atomic E-state index is 12.7. The van der Waals surface area contributed by atoms with E-state index >= 15 is 0 Å². The number of hydrogen-bond donors (Lipinski definition) is 1. The van der Waals surface area contributed by atoms with Crippen molar-refractivity contribution < 1.29 is 17.9 Å². The molecule has 2 aliphatic rings. The largest absolute Gasteiger partial charge is 0.378 e. The van der Waals surface area contributed by atoms with Gasteiger partial charge < -0.3 is 14.5 Å². The summed E-state index contributed by atoms with van der Waals surface area (Å²) >= 11 is 6.28. The van der Waals surface area contributed by atoms with Gasteiger partial charge in [0.15, 0.2) is 5.82 Å². The number of halogens is 1. The molecule has 4 rings (SSSR count). The van der Waals surface area contributed by atoms with Gasteiger partial charge in [-0.15, -0.1) is 5.10 Å². The molecule has 2 fully saturated rings. The van der Waals surface area contributed by atoms with E-state index in [1.807, 2.05) is 12.1 Å². The lowest BCUT2D eigenvalue weighted by Gasteiger charge is -2.36. The fourth-order valence-electron chi connectivity index (χ4n) is 3.95. The summed E-state index contributed by atoms with van der Waals surface area (Å²) in [6.45, 7) is 6.46. The summed E-state index contributed by atoms with van der Waals surface area (Å²) in [7, 11) is -3.44. The van der Waals surface area contributed by atoms with Crippen molar-refractivity contribution in [2.75, 3.05) is 68.4 Å². The molecule has 2 aliphatic heterocycles. The van der Waals surface area contributed by atoms with Crippen LogP contribution in [0.1, 0.15) is 5.56 Å². The minimum atomic E-state index is -3.44. The number of piperazine rings is 1. The van der Waals surface area contributed by atoms with Crippen LogP contribution in [0.5, 0.6) is 0 Å². The molecule has 0 unspecified atom stereocenters. The third-order valence-corrected chi connectivity index (χ3v) is 6.32. The van der Waals surface area contributed by atoms with Gasteiger partial charge in [-0.25, -0.2) is 13.2 Å². The zero-order chi connectivity index (χ0) is 22.7. The highest BCUT2D eigenvalue weighted by atomic mass is 35.5. The highest BCUT2D eigenvalue weighted by Crippen LogP contribution is 2.27. The van der Waals surface area contributed by atoms with Gasteiger partial charge in [0.05, 0.1) is 19.5 Å². The number of nitrogens with one attached hydrogen (secondary N) is 1. The number of amides is 1. The molecule has 32 heavy (non-hydrogen) atoms. The lowest BCUT2D eigenvalue weighted by Crippen LogP contribution is -2.49. The predicted octanol–water partition coefficient (Wildman–Crippen LogP) is 1.53. The summed E-state index contributed by atoms with van der Waals surface area (Å²) in [6, 6.07) is 7.19. The van der Waals surface area contributed by atoms with Crippen LogP contribution in [-0.4, -0.2) is 92.8 Å². The van der Waals surface area contributed by atoms with Gasteiger partial charge in [-0.3, -0.25) is 9.62 Å². The molecule has 3 heterocycles. The molecule has 0 spiro atoms. The summed E-state index contributed by atoms with van der Waals surface area (Å²) in [5.41, 5.74) is 2.35. The van der Waals surface area contributed by atoms with Crippen LogP contribution < -0.4 is 9.62 Å². The van der Waals surface area contributed by atoms with Crippen LogP contribution >= 0.6 is 11.6 Å². The lowest BCUT2D eigenvalue weighted by atomic mass is 10.1. The van der Waals surface area contributed by atoms with Crippen molar-refractivity contribution in [2.45, 2.75) is 6.54 Å². The Balaban J connectivity index is 1.36. The maximum Gasteiger partial charge on any atom is 0.344 e. The van der Waals surface area contributed by atoms with Crippen molar-refractivity contribution in [2.24, 2.45) is 0 Å². The zero-order valence-electron chi connectivity index (χ0n) is 17.9. The van der Waals surface area contributed by atoms with Crippen LogP contribution in [0.3, 0.4) is 0 Å². The Morgan fingerprint density at radius 1 is 1.12 bits per heavy atom. The topological polar surface area (TPSA) is 100 Å². The third-order valence-electron chi connectivity index (χ3n) is 5.51. The first-order chi connectivity index (χ1) is 15.3. The fourth-order valence-corrected chi connectivity index (χ4v) is 4.63. The molecule has 1 N–H and O–H groups in total. The molecule has 0 saturated carbocycles. The summed E-state index contributed by atoms with van der Waals surface area (Å²) in [4.78, 5) is 19.1. The molecule has 0 atom stereocenters. The van der Waals surface area contributed by atoms with E-state index in [4.69, 9.17) is 16.3 Å². The molecular formula is C20H27ClN6O4S. The Hall–Kier alpha value is -2.34. The summed E-state index contributed by atoms with van der Waals surface area (Å²) in [6.07, 6.45) is 2.50. The maximum absolute atomic E-state index is 12.7. The van der Waals surface area contributed by atoms with Gasteiger partial charge in [-0.05, 0) is 23.8 Å². The second-order valence-corrected chi connectivity index (χ2v) is 10.1. The number of rotatable bonds is 5. The first kappa shape index (κ1) is 22.8. The number of benzene rings is 1. The summed E-state index contributed by atoms with van der Waals surface area (Å²) in [5, 5.41) is 4.73. The average molecular weight is 483 g/mol. The number of carbonyl (C=O) groups excluding carboxylic acids is 1. The molecule has 0 aliphatic carbocycles. The molecule has 1 aromatic heterocycles. The van der Waals surface area contributed by atoms with Gasteiger partial charge >= 0.3 is 6.03 Å². The van der Waals surface area contributed by atoms with Crippen LogP contribution in [0.25, 0.3) is 0 Å².